The number of hydrogen-bond acceptors (Lipinski definition) is 3. The number of benzene rings is 1. The zero-order valence-electron chi connectivity index (χ0n) is 12.0. The molecule has 3 aliphatic rings. The molecule has 21 heavy (non-hydrogen) atoms. The van der Waals surface area contributed by atoms with Gasteiger partial charge >= 0.3 is 0 Å². The summed E-state index contributed by atoms with van der Waals surface area (Å²) in [5.41, 5.74) is 1.80. The number of aromatic nitrogens is 1. The molecule has 3 fully saturated rings. The van der Waals surface area contributed by atoms with Crippen LogP contribution in [-0.2, 0) is 0 Å². The average Bonchev–Trinajstić information content (AvgIpc) is 3.01. The molecule has 1 aromatic heterocycles. The summed E-state index contributed by atoms with van der Waals surface area (Å²) in [5, 5.41) is 4.17. The molecule has 2 bridgehead atoms. The van der Waals surface area contributed by atoms with E-state index < -0.39 is 0 Å². The Balaban J connectivity index is 1.41. The van der Waals surface area contributed by atoms with E-state index in [4.69, 9.17) is 0 Å². The Morgan fingerprint density at radius 2 is 2.10 bits per heavy atom. The zero-order valence-corrected chi connectivity index (χ0v) is 12.0. The Morgan fingerprint density at radius 3 is 2.86 bits per heavy atom. The van der Waals surface area contributed by atoms with E-state index in [1.165, 1.54) is 13.1 Å². The van der Waals surface area contributed by atoms with Crippen LogP contribution >= 0.6 is 0 Å². The predicted octanol–water partition coefficient (Wildman–Crippen LogP) is 0.898. The van der Waals surface area contributed by atoms with E-state index in [1.807, 2.05) is 30.5 Å². The molecule has 0 radical (unpaired) electrons. The van der Waals surface area contributed by atoms with Gasteiger partial charge in [0.1, 0.15) is 0 Å². The first-order chi connectivity index (χ1) is 10.3. The fraction of sp³-hybridized carbons (Fsp3) is 0.438. The fourth-order valence-corrected chi connectivity index (χ4v) is 3.43. The van der Waals surface area contributed by atoms with Gasteiger partial charge < -0.3 is 10.3 Å². The van der Waals surface area contributed by atoms with Crippen LogP contribution in [0.2, 0.25) is 0 Å². The molecule has 0 aliphatic carbocycles. The molecular weight excluding hydrogens is 264 g/mol. The first kappa shape index (κ1) is 12.9. The lowest BCUT2D eigenvalue weighted by Gasteiger charge is -2.47. The van der Waals surface area contributed by atoms with E-state index >= 15 is 0 Å². The second kappa shape index (κ2) is 5.16. The molecule has 1 unspecified atom stereocenters. The number of piperazine rings is 3. The van der Waals surface area contributed by atoms with Crippen molar-refractivity contribution in [2.75, 3.05) is 39.3 Å². The molecule has 3 aliphatic heterocycles. The lowest BCUT2D eigenvalue weighted by Crippen LogP contribution is -2.63. The summed E-state index contributed by atoms with van der Waals surface area (Å²) in [6.07, 6.45) is 1.90. The molecule has 0 spiro atoms. The minimum atomic E-state index is 0.0238. The van der Waals surface area contributed by atoms with E-state index in [9.17, 15) is 4.79 Å². The number of H-pyrrole nitrogens is 1. The average molecular weight is 284 g/mol. The Morgan fingerprint density at radius 1 is 1.24 bits per heavy atom. The van der Waals surface area contributed by atoms with Crippen LogP contribution in [0.4, 0.5) is 0 Å². The summed E-state index contributed by atoms with van der Waals surface area (Å²) >= 11 is 0. The zero-order chi connectivity index (χ0) is 14.2. The van der Waals surface area contributed by atoms with Gasteiger partial charge in [0.2, 0.25) is 0 Å². The SMILES string of the molecule is O=C(NCC1CN2CCN1CC2)c1ccc2[nH]ccc2c1. The number of carbonyl (C=O) groups excluding carboxylic acids is 1. The third-order valence-corrected chi connectivity index (χ3v) is 4.71. The van der Waals surface area contributed by atoms with Crippen LogP contribution in [0.3, 0.4) is 0 Å². The molecule has 110 valence electrons. The highest BCUT2D eigenvalue weighted by molar-refractivity contribution is 5.98. The van der Waals surface area contributed by atoms with Crippen molar-refractivity contribution in [1.82, 2.24) is 20.1 Å². The highest BCUT2D eigenvalue weighted by Gasteiger charge is 2.31. The molecule has 2 aromatic rings. The van der Waals surface area contributed by atoms with Crippen LogP contribution in [0.15, 0.2) is 30.5 Å². The topological polar surface area (TPSA) is 51.4 Å². The smallest absolute Gasteiger partial charge is 0.251 e. The number of carbonyl (C=O) groups is 1. The van der Waals surface area contributed by atoms with Crippen molar-refractivity contribution in [1.29, 1.82) is 0 Å². The molecule has 5 nitrogen and oxygen atoms in total. The summed E-state index contributed by atoms with van der Waals surface area (Å²) in [4.78, 5) is 20.4. The third-order valence-electron chi connectivity index (χ3n) is 4.71. The normalized spacial score (nSPS) is 27.9. The largest absolute Gasteiger partial charge is 0.361 e. The number of rotatable bonds is 3. The van der Waals surface area contributed by atoms with Gasteiger partial charge in [0, 0.05) is 68.0 Å². The maximum Gasteiger partial charge on any atom is 0.251 e. The van der Waals surface area contributed by atoms with Crippen LogP contribution in [0.25, 0.3) is 10.9 Å². The monoisotopic (exact) mass is 284 g/mol. The number of nitrogens with zero attached hydrogens (tertiary/aromatic N) is 2. The van der Waals surface area contributed by atoms with E-state index in [2.05, 4.69) is 20.1 Å². The highest BCUT2D eigenvalue weighted by Crippen LogP contribution is 2.16. The van der Waals surface area contributed by atoms with Crippen molar-refractivity contribution in [2.45, 2.75) is 6.04 Å². The maximum atomic E-state index is 12.3. The van der Waals surface area contributed by atoms with Gasteiger partial charge in [-0.15, -0.1) is 0 Å². The van der Waals surface area contributed by atoms with Crippen LogP contribution in [0.5, 0.6) is 0 Å². The summed E-state index contributed by atoms with van der Waals surface area (Å²) in [7, 11) is 0. The van der Waals surface area contributed by atoms with Crippen molar-refractivity contribution >= 4 is 16.8 Å². The Labute approximate surface area is 123 Å². The molecule has 2 N–H and O–H groups in total. The molecule has 1 aromatic carbocycles. The molecule has 1 atom stereocenters. The van der Waals surface area contributed by atoms with Crippen LogP contribution < -0.4 is 5.32 Å². The van der Waals surface area contributed by atoms with Gasteiger partial charge in [-0.2, -0.15) is 0 Å². The highest BCUT2D eigenvalue weighted by atomic mass is 16.1. The van der Waals surface area contributed by atoms with Gasteiger partial charge in [-0.1, -0.05) is 0 Å². The molecule has 5 heteroatoms. The molecule has 0 saturated carbocycles. The molecule has 4 heterocycles. The minimum absolute atomic E-state index is 0.0238. The first-order valence-corrected chi connectivity index (χ1v) is 7.61. The number of amides is 1. The summed E-state index contributed by atoms with van der Waals surface area (Å²) in [6, 6.07) is 8.24. The van der Waals surface area contributed by atoms with E-state index in [0.717, 1.165) is 42.6 Å². The Hall–Kier alpha value is -1.85. The standard InChI is InChI=1S/C16H20N4O/c21-16(13-1-2-15-12(9-13)3-4-17-15)18-10-14-11-19-5-7-20(14)8-6-19/h1-4,9,14,17H,5-8,10-11H2,(H,18,21). The second-order valence-corrected chi connectivity index (χ2v) is 5.98. The minimum Gasteiger partial charge on any atom is -0.361 e. The quantitative estimate of drug-likeness (QED) is 0.880. The summed E-state index contributed by atoms with van der Waals surface area (Å²) < 4.78 is 0. The predicted molar refractivity (Wildman–Crippen MR) is 82.4 cm³/mol. The van der Waals surface area contributed by atoms with Gasteiger partial charge in [-0.05, 0) is 24.3 Å². The van der Waals surface area contributed by atoms with E-state index in [0.29, 0.717) is 6.04 Å². The molecule has 1 amide bonds. The van der Waals surface area contributed by atoms with Gasteiger partial charge in [0.25, 0.3) is 5.91 Å². The summed E-state index contributed by atoms with van der Waals surface area (Å²) in [5.74, 6) is 0.0238. The lowest BCUT2D eigenvalue weighted by atomic mass is 10.1. The third kappa shape index (κ3) is 2.43. The van der Waals surface area contributed by atoms with Gasteiger partial charge in [-0.3, -0.25) is 14.6 Å². The number of nitrogens with one attached hydrogen (secondary N) is 2. The van der Waals surface area contributed by atoms with E-state index in [-0.39, 0.29) is 5.91 Å². The van der Waals surface area contributed by atoms with Crippen LogP contribution in [0.1, 0.15) is 10.4 Å². The maximum absolute atomic E-state index is 12.3. The van der Waals surface area contributed by atoms with Crippen LogP contribution in [0, 0.1) is 0 Å². The number of fused-ring (bicyclic) bond motifs is 4. The lowest BCUT2D eigenvalue weighted by molar-refractivity contribution is 0.0138. The van der Waals surface area contributed by atoms with E-state index in [1.54, 1.807) is 0 Å². The van der Waals surface area contributed by atoms with Crippen molar-refractivity contribution in [2.24, 2.45) is 0 Å². The van der Waals surface area contributed by atoms with Gasteiger partial charge in [0.15, 0.2) is 0 Å². The molecular formula is C16H20N4O. The fourth-order valence-electron chi connectivity index (χ4n) is 3.43. The van der Waals surface area contributed by atoms with Crippen molar-refractivity contribution in [3.05, 3.63) is 36.0 Å². The van der Waals surface area contributed by atoms with Crippen LogP contribution in [-0.4, -0.2) is 66.0 Å². The molecule has 5 rings (SSSR count). The second-order valence-electron chi connectivity index (χ2n) is 5.98. The number of hydrogen-bond donors (Lipinski definition) is 2. The summed E-state index contributed by atoms with van der Waals surface area (Å²) in [6.45, 7) is 6.44. The Kier molecular flexibility index (Phi) is 3.16. The Bertz CT molecular complexity index is 657. The van der Waals surface area contributed by atoms with Crippen molar-refractivity contribution < 1.29 is 4.79 Å². The van der Waals surface area contributed by atoms with Crippen molar-refractivity contribution in [3.8, 4) is 0 Å². The number of aromatic amines is 1. The van der Waals surface area contributed by atoms with Gasteiger partial charge in [0.05, 0.1) is 0 Å². The van der Waals surface area contributed by atoms with Gasteiger partial charge in [-0.25, -0.2) is 0 Å². The molecule has 3 saturated heterocycles. The van der Waals surface area contributed by atoms with Crippen molar-refractivity contribution in [3.63, 3.8) is 0 Å². The first-order valence-electron chi connectivity index (χ1n) is 7.61.